The number of nitrogens with zero attached hydrogens (tertiary/aromatic N) is 2. The number of pyridine rings is 2. The molecule has 6 nitrogen and oxygen atoms in total. The average Bonchev–Trinajstić information content (AvgIpc) is 2.65. The first-order chi connectivity index (χ1) is 13.3. The summed E-state index contributed by atoms with van der Waals surface area (Å²) in [7, 11) is 0. The molecule has 0 fully saturated rings. The molecule has 146 valence electrons. The van der Waals surface area contributed by atoms with Crippen molar-refractivity contribution in [3.8, 4) is 11.3 Å². The molecule has 0 radical (unpaired) electrons. The largest absolute Gasteiger partial charge is 0.384 e. The summed E-state index contributed by atoms with van der Waals surface area (Å²) < 4.78 is 13.3. The second-order valence-electron chi connectivity index (χ2n) is 6.14. The minimum Gasteiger partial charge on any atom is -0.384 e. The Morgan fingerprint density at radius 2 is 2.14 bits per heavy atom. The molecule has 1 amide bonds. The predicted molar refractivity (Wildman–Crippen MR) is 111 cm³/mol. The van der Waals surface area contributed by atoms with Crippen molar-refractivity contribution in [2.45, 2.75) is 20.3 Å². The van der Waals surface area contributed by atoms with Crippen molar-refractivity contribution in [3.63, 3.8) is 0 Å². The summed E-state index contributed by atoms with van der Waals surface area (Å²) in [6.45, 7) is 7.22. The molecule has 5 N–H and O–H groups in total. The number of halogens is 1. The van der Waals surface area contributed by atoms with Gasteiger partial charge in [0, 0.05) is 18.3 Å². The van der Waals surface area contributed by atoms with Gasteiger partial charge in [-0.05, 0) is 48.8 Å². The Morgan fingerprint density at radius 1 is 1.39 bits per heavy atom. The number of primary amides is 1. The van der Waals surface area contributed by atoms with Crippen molar-refractivity contribution in [2.24, 2.45) is 5.73 Å². The van der Waals surface area contributed by atoms with Gasteiger partial charge in [-0.25, -0.2) is 14.4 Å². The van der Waals surface area contributed by atoms with Crippen molar-refractivity contribution in [2.75, 3.05) is 17.6 Å². The van der Waals surface area contributed by atoms with Gasteiger partial charge in [-0.3, -0.25) is 4.79 Å². The lowest BCUT2D eigenvalue weighted by molar-refractivity contribution is 0.100. The van der Waals surface area contributed by atoms with E-state index >= 15 is 0 Å². The molecule has 0 unspecified atom stereocenters. The van der Waals surface area contributed by atoms with Crippen LogP contribution in [0, 0.1) is 0 Å². The van der Waals surface area contributed by atoms with E-state index < -0.39 is 5.91 Å². The van der Waals surface area contributed by atoms with Crippen molar-refractivity contribution in [1.82, 2.24) is 9.97 Å². The molecule has 2 aromatic rings. The fraction of sp³-hybridized carbons (Fsp3) is 0.190. The smallest absolute Gasteiger partial charge is 0.252 e. The van der Waals surface area contributed by atoms with Crippen molar-refractivity contribution in [1.29, 1.82) is 0 Å². The van der Waals surface area contributed by atoms with Crippen LogP contribution in [0.1, 0.15) is 29.8 Å². The standard InChI is InChI=1S/C21H24FN5O/c1-4-6-14(9-13(3)22)11-26-21-16(20(24)28)7-8-18(27-21)17-10-19(23)25-12-15(17)5-2/h4,6-10,12H,1,5,11H2,2-3H3,(H2,23,25)(H2,24,28)(H,26,27)/b13-9+,14-6+. The van der Waals surface area contributed by atoms with Gasteiger partial charge in [-0.15, -0.1) is 0 Å². The van der Waals surface area contributed by atoms with Gasteiger partial charge in [-0.2, -0.15) is 0 Å². The van der Waals surface area contributed by atoms with E-state index in [1.54, 1.807) is 36.5 Å². The highest BCUT2D eigenvalue weighted by Gasteiger charge is 2.14. The highest BCUT2D eigenvalue weighted by Crippen LogP contribution is 2.26. The lowest BCUT2D eigenvalue weighted by Gasteiger charge is -2.13. The molecule has 2 heterocycles. The SMILES string of the molecule is C=C/C=C(\C=C(/C)F)CNc1nc(-c2cc(N)ncc2CC)ccc1C(N)=O. The number of anilines is 2. The van der Waals surface area contributed by atoms with Gasteiger partial charge in [0.05, 0.1) is 17.1 Å². The fourth-order valence-electron chi connectivity index (χ4n) is 2.71. The maximum Gasteiger partial charge on any atom is 0.252 e. The number of carbonyl (C=O) groups is 1. The second kappa shape index (κ2) is 9.45. The number of amides is 1. The van der Waals surface area contributed by atoms with E-state index in [0.717, 1.165) is 17.5 Å². The second-order valence-corrected chi connectivity index (χ2v) is 6.14. The molecule has 2 rings (SSSR count). The van der Waals surface area contributed by atoms with Crippen LogP contribution in [0.3, 0.4) is 0 Å². The van der Waals surface area contributed by atoms with Crippen LogP contribution in [-0.4, -0.2) is 22.4 Å². The summed E-state index contributed by atoms with van der Waals surface area (Å²) in [6, 6.07) is 5.06. The Kier molecular flexibility index (Phi) is 7.03. The first-order valence-electron chi connectivity index (χ1n) is 8.80. The predicted octanol–water partition coefficient (Wildman–Crippen LogP) is 3.78. The Balaban J connectivity index is 2.46. The van der Waals surface area contributed by atoms with Crippen molar-refractivity contribution in [3.05, 3.63) is 71.7 Å². The number of nitrogen functional groups attached to an aromatic ring is 1. The minimum atomic E-state index is -0.613. The molecule has 2 aromatic heterocycles. The van der Waals surface area contributed by atoms with Crippen LogP contribution in [-0.2, 0) is 6.42 Å². The van der Waals surface area contributed by atoms with E-state index in [-0.39, 0.29) is 17.9 Å². The molecule has 0 spiro atoms. The minimum absolute atomic E-state index is 0.239. The first-order valence-corrected chi connectivity index (χ1v) is 8.80. The molecule has 0 bridgehead atoms. The normalized spacial score (nSPS) is 12.0. The van der Waals surface area contributed by atoms with Crippen LogP contribution in [0.5, 0.6) is 0 Å². The fourth-order valence-corrected chi connectivity index (χ4v) is 2.71. The molecule has 0 aliphatic rings. The zero-order chi connectivity index (χ0) is 20.7. The topological polar surface area (TPSA) is 107 Å². The van der Waals surface area contributed by atoms with Crippen molar-refractivity contribution >= 4 is 17.5 Å². The van der Waals surface area contributed by atoms with Gasteiger partial charge in [0.25, 0.3) is 5.91 Å². The number of hydrogen-bond donors (Lipinski definition) is 3. The Bertz CT molecular complexity index is 946. The monoisotopic (exact) mass is 381 g/mol. The lowest BCUT2D eigenvalue weighted by Crippen LogP contribution is -2.17. The van der Waals surface area contributed by atoms with Gasteiger partial charge in [0.1, 0.15) is 11.6 Å². The number of allylic oxidation sites excluding steroid dienone is 3. The number of nitrogens with two attached hydrogens (primary N) is 2. The van der Waals surface area contributed by atoms with Crippen LogP contribution in [0.4, 0.5) is 16.0 Å². The van der Waals surface area contributed by atoms with E-state index in [2.05, 4.69) is 21.9 Å². The molecule has 0 aliphatic heterocycles. The zero-order valence-electron chi connectivity index (χ0n) is 16.0. The number of carbonyl (C=O) groups excluding carboxylic acids is 1. The maximum atomic E-state index is 13.3. The number of rotatable bonds is 8. The molecule has 0 aromatic carbocycles. The summed E-state index contributed by atoms with van der Waals surface area (Å²) in [6.07, 6.45) is 7.06. The van der Waals surface area contributed by atoms with Gasteiger partial charge >= 0.3 is 0 Å². The van der Waals surface area contributed by atoms with Gasteiger partial charge < -0.3 is 16.8 Å². The Morgan fingerprint density at radius 3 is 2.75 bits per heavy atom. The third kappa shape index (κ3) is 5.26. The van der Waals surface area contributed by atoms with Crippen LogP contribution in [0.15, 0.2) is 60.6 Å². The molecule has 0 atom stereocenters. The van der Waals surface area contributed by atoms with E-state index in [9.17, 15) is 9.18 Å². The van der Waals surface area contributed by atoms with E-state index in [4.69, 9.17) is 11.5 Å². The highest BCUT2D eigenvalue weighted by atomic mass is 19.1. The van der Waals surface area contributed by atoms with E-state index in [1.807, 2.05) is 6.92 Å². The Labute approximate surface area is 163 Å². The van der Waals surface area contributed by atoms with Gasteiger partial charge in [-0.1, -0.05) is 25.7 Å². The maximum absolute atomic E-state index is 13.3. The quantitative estimate of drug-likeness (QED) is 0.603. The summed E-state index contributed by atoms with van der Waals surface area (Å²) in [5.41, 5.74) is 14.6. The summed E-state index contributed by atoms with van der Waals surface area (Å²) in [4.78, 5) is 20.5. The third-order valence-corrected chi connectivity index (χ3v) is 4.00. The zero-order valence-corrected chi connectivity index (χ0v) is 16.0. The number of hydrogen-bond acceptors (Lipinski definition) is 5. The number of aromatic nitrogens is 2. The Hall–Kier alpha value is -3.48. The summed E-state index contributed by atoms with van der Waals surface area (Å²) >= 11 is 0. The molecule has 0 saturated carbocycles. The summed E-state index contributed by atoms with van der Waals surface area (Å²) in [5.74, 6) is -0.269. The average molecular weight is 381 g/mol. The number of nitrogens with one attached hydrogen (secondary N) is 1. The van der Waals surface area contributed by atoms with Gasteiger partial charge in [0.15, 0.2) is 0 Å². The van der Waals surface area contributed by atoms with Crippen LogP contribution in [0.25, 0.3) is 11.3 Å². The molecule has 28 heavy (non-hydrogen) atoms. The highest BCUT2D eigenvalue weighted by molar-refractivity contribution is 5.98. The molecule has 0 saturated heterocycles. The molecular formula is C21H24FN5O. The van der Waals surface area contributed by atoms with Gasteiger partial charge in [0.2, 0.25) is 0 Å². The van der Waals surface area contributed by atoms with Crippen LogP contribution >= 0.6 is 0 Å². The van der Waals surface area contributed by atoms with Crippen LogP contribution in [0.2, 0.25) is 0 Å². The van der Waals surface area contributed by atoms with Crippen molar-refractivity contribution < 1.29 is 9.18 Å². The van der Waals surface area contributed by atoms with E-state index in [1.165, 1.54) is 13.0 Å². The first kappa shape index (κ1) is 20.8. The summed E-state index contributed by atoms with van der Waals surface area (Å²) in [5, 5.41) is 3.06. The molecule has 7 heteroatoms. The molecule has 0 aliphatic carbocycles. The van der Waals surface area contributed by atoms with E-state index in [0.29, 0.717) is 22.9 Å². The van der Waals surface area contributed by atoms with Crippen LogP contribution < -0.4 is 16.8 Å². The number of aryl methyl sites for hydroxylation is 1. The third-order valence-electron chi connectivity index (χ3n) is 4.00. The molecular weight excluding hydrogens is 357 g/mol. The lowest BCUT2D eigenvalue weighted by atomic mass is 10.0.